The molecule has 1 saturated carbocycles. The van der Waals surface area contributed by atoms with Gasteiger partial charge in [-0.25, -0.2) is 4.98 Å². The Hall–Kier alpha value is -3.22. The summed E-state index contributed by atoms with van der Waals surface area (Å²) < 4.78 is 7.45. The van der Waals surface area contributed by atoms with Crippen LogP contribution in [-0.4, -0.2) is 26.5 Å². The zero-order chi connectivity index (χ0) is 23.1. The highest BCUT2D eigenvalue weighted by Gasteiger charge is 2.25. The summed E-state index contributed by atoms with van der Waals surface area (Å²) in [5, 5.41) is 11.5. The lowest BCUT2D eigenvalue weighted by atomic mass is 9.89. The Kier molecular flexibility index (Phi) is 7.98. The molecule has 0 spiro atoms. The van der Waals surface area contributed by atoms with Crippen LogP contribution in [0.1, 0.15) is 52.9 Å². The van der Waals surface area contributed by atoms with Gasteiger partial charge < -0.3 is 9.30 Å². The topological polar surface area (TPSA) is 87.3 Å². The fourth-order valence-electron chi connectivity index (χ4n) is 4.10. The molecule has 4 rings (SSSR count). The van der Waals surface area contributed by atoms with Crippen molar-refractivity contribution in [2.75, 3.05) is 0 Å². The molecule has 0 radical (unpaired) electrons. The van der Waals surface area contributed by atoms with Crippen LogP contribution < -0.4 is 0 Å². The number of nitrogens with zero attached hydrogens (tertiary/aromatic N) is 3. The normalized spacial score (nSPS) is 18.0. The SMILES string of the molecule is CC1CCCC(OC(=O)Cn2c(-c3ccccc3[N+](=O)[O-])nc3ccccc32)C1.CCC. The number of para-hydroxylation sites is 3. The molecule has 1 aliphatic rings. The number of fused-ring (bicyclic) bond motifs is 1. The number of benzene rings is 2. The number of nitro benzene ring substituents is 1. The summed E-state index contributed by atoms with van der Waals surface area (Å²) in [6.07, 6.45) is 5.19. The highest BCUT2D eigenvalue weighted by Crippen LogP contribution is 2.32. The largest absolute Gasteiger partial charge is 0.461 e. The van der Waals surface area contributed by atoms with Gasteiger partial charge in [-0.1, -0.05) is 57.9 Å². The predicted octanol–water partition coefficient (Wildman–Crippen LogP) is 6.15. The molecule has 3 aromatic rings. The van der Waals surface area contributed by atoms with Gasteiger partial charge in [-0.2, -0.15) is 0 Å². The number of aromatic nitrogens is 2. The summed E-state index contributed by atoms with van der Waals surface area (Å²) in [7, 11) is 0. The van der Waals surface area contributed by atoms with Crippen LogP contribution in [0.4, 0.5) is 5.69 Å². The van der Waals surface area contributed by atoms with E-state index in [4.69, 9.17) is 4.74 Å². The molecule has 32 heavy (non-hydrogen) atoms. The molecular formula is C25H31N3O4. The van der Waals surface area contributed by atoms with Crippen molar-refractivity contribution in [3.63, 3.8) is 0 Å². The Bertz CT molecular complexity index is 1080. The second-order valence-electron chi connectivity index (χ2n) is 8.38. The maximum absolute atomic E-state index is 12.7. The van der Waals surface area contributed by atoms with Crippen molar-refractivity contribution in [3.8, 4) is 11.4 Å². The van der Waals surface area contributed by atoms with Crippen molar-refractivity contribution in [3.05, 3.63) is 58.6 Å². The quantitative estimate of drug-likeness (QED) is 0.271. The summed E-state index contributed by atoms with van der Waals surface area (Å²) in [4.78, 5) is 28.4. The zero-order valence-electron chi connectivity index (χ0n) is 19.0. The molecule has 1 heterocycles. The lowest BCUT2D eigenvalue weighted by Gasteiger charge is -2.26. The monoisotopic (exact) mass is 437 g/mol. The highest BCUT2D eigenvalue weighted by atomic mass is 16.6. The molecule has 2 aromatic carbocycles. The number of nitro groups is 1. The molecule has 0 N–H and O–H groups in total. The summed E-state index contributed by atoms with van der Waals surface area (Å²) in [5.74, 6) is 0.609. The molecule has 1 fully saturated rings. The molecule has 0 saturated heterocycles. The number of hydrogen-bond acceptors (Lipinski definition) is 5. The van der Waals surface area contributed by atoms with Gasteiger partial charge in [0.15, 0.2) is 0 Å². The highest BCUT2D eigenvalue weighted by molar-refractivity contribution is 5.84. The first-order chi connectivity index (χ1) is 15.4. The van der Waals surface area contributed by atoms with Gasteiger partial charge >= 0.3 is 5.97 Å². The van der Waals surface area contributed by atoms with Gasteiger partial charge in [-0.05, 0) is 43.4 Å². The zero-order valence-corrected chi connectivity index (χ0v) is 19.0. The van der Waals surface area contributed by atoms with Crippen molar-refractivity contribution in [2.45, 2.75) is 65.5 Å². The summed E-state index contributed by atoms with van der Waals surface area (Å²) >= 11 is 0. The number of carbonyl (C=O) groups is 1. The van der Waals surface area contributed by atoms with E-state index in [1.54, 1.807) is 22.8 Å². The van der Waals surface area contributed by atoms with Crippen LogP contribution in [0.2, 0.25) is 0 Å². The third-order valence-corrected chi connectivity index (χ3v) is 5.47. The minimum absolute atomic E-state index is 0.0349. The summed E-state index contributed by atoms with van der Waals surface area (Å²) in [6.45, 7) is 6.39. The number of esters is 1. The predicted molar refractivity (Wildman–Crippen MR) is 125 cm³/mol. The van der Waals surface area contributed by atoms with Gasteiger partial charge in [0.1, 0.15) is 18.5 Å². The molecule has 1 aromatic heterocycles. The fraction of sp³-hybridized carbons (Fsp3) is 0.440. The molecule has 7 nitrogen and oxygen atoms in total. The van der Waals surface area contributed by atoms with Crippen LogP contribution in [0.3, 0.4) is 0 Å². The number of imidazole rings is 1. The van der Waals surface area contributed by atoms with Crippen molar-refractivity contribution in [1.29, 1.82) is 0 Å². The average Bonchev–Trinajstić information content (AvgIpc) is 3.12. The second kappa shape index (κ2) is 10.9. The fourth-order valence-corrected chi connectivity index (χ4v) is 4.10. The third-order valence-electron chi connectivity index (χ3n) is 5.47. The number of hydrogen-bond donors (Lipinski definition) is 0. The third kappa shape index (κ3) is 5.52. The minimum atomic E-state index is -0.430. The Morgan fingerprint density at radius 3 is 2.56 bits per heavy atom. The first kappa shape index (κ1) is 23.4. The Balaban J connectivity index is 0.000000913. The van der Waals surface area contributed by atoms with E-state index < -0.39 is 4.92 Å². The van der Waals surface area contributed by atoms with E-state index in [0.29, 0.717) is 22.8 Å². The van der Waals surface area contributed by atoms with Crippen LogP contribution in [0.25, 0.3) is 22.4 Å². The van der Waals surface area contributed by atoms with E-state index in [9.17, 15) is 14.9 Å². The molecule has 170 valence electrons. The molecule has 0 aliphatic heterocycles. The van der Waals surface area contributed by atoms with Gasteiger partial charge in [0.05, 0.1) is 21.5 Å². The van der Waals surface area contributed by atoms with Crippen LogP contribution in [0, 0.1) is 16.0 Å². The number of ether oxygens (including phenoxy) is 1. The van der Waals surface area contributed by atoms with Gasteiger partial charge in [-0.3, -0.25) is 14.9 Å². The van der Waals surface area contributed by atoms with Crippen LogP contribution in [0.5, 0.6) is 0 Å². The molecule has 2 atom stereocenters. The number of rotatable bonds is 5. The molecule has 2 unspecified atom stereocenters. The van der Waals surface area contributed by atoms with Crippen molar-refractivity contribution >= 4 is 22.7 Å². The Labute approximate surface area is 188 Å². The van der Waals surface area contributed by atoms with E-state index in [1.807, 2.05) is 24.3 Å². The van der Waals surface area contributed by atoms with E-state index in [-0.39, 0.29) is 24.3 Å². The lowest BCUT2D eigenvalue weighted by molar-refractivity contribution is -0.384. The molecule has 1 aliphatic carbocycles. The van der Waals surface area contributed by atoms with Crippen molar-refractivity contribution < 1.29 is 14.5 Å². The Morgan fingerprint density at radius 2 is 1.84 bits per heavy atom. The van der Waals surface area contributed by atoms with E-state index >= 15 is 0 Å². The molecule has 7 heteroatoms. The van der Waals surface area contributed by atoms with Gasteiger partial charge in [0, 0.05) is 6.07 Å². The van der Waals surface area contributed by atoms with Gasteiger partial charge in [0.25, 0.3) is 5.69 Å². The molecule has 0 amide bonds. The summed E-state index contributed by atoms with van der Waals surface area (Å²) in [5.41, 5.74) is 1.76. The lowest BCUT2D eigenvalue weighted by Crippen LogP contribution is -2.26. The van der Waals surface area contributed by atoms with E-state index in [0.717, 1.165) is 24.8 Å². The van der Waals surface area contributed by atoms with Crippen LogP contribution >= 0.6 is 0 Å². The molecular weight excluding hydrogens is 406 g/mol. The maximum atomic E-state index is 12.7. The first-order valence-corrected chi connectivity index (χ1v) is 11.3. The smallest absolute Gasteiger partial charge is 0.326 e. The molecule has 0 bridgehead atoms. The number of carbonyl (C=O) groups excluding carboxylic acids is 1. The Morgan fingerprint density at radius 1 is 1.16 bits per heavy atom. The van der Waals surface area contributed by atoms with Crippen molar-refractivity contribution in [2.24, 2.45) is 5.92 Å². The van der Waals surface area contributed by atoms with E-state index in [2.05, 4.69) is 25.8 Å². The maximum Gasteiger partial charge on any atom is 0.326 e. The standard InChI is InChI=1S/C22H23N3O4.C3H8/c1-15-7-6-8-16(13-15)29-21(26)14-24-20-12-5-3-10-18(20)23-22(24)17-9-2-4-11-19(17)25(27)28;1-3-2/h2-5,9-12,15-16H,6-8,13-14H2,1H3;3H2,1-2H3. The first-order valence-electron chi connectivity index (χ1n) is 11.3. The van der Waals surface area contributed by atoms with E-state index in [1.165, 1.54) is 18.9 Å². The average molecular weight is 438 g/mol. The van der Waals surface area contributed by atoms with Crippen LogP contribution in [0.15, 0.2) is 48.5 Å². The van der Waals surface area contributed by atoms with Gasteiger partial charge in [-0.15, -0.1) is 0 Å². The van der Waals surface area contributed by atoms with Crippen LogP contribution in [-0.2, 0) is 16.1 Å². The van der Waals surface area contributed by atoms with Crippen molar-refractivity contribution in [1.82, 2.24) is 9.55 Å². The summed E-state index contributed by atoms with van der Waals surface area (Å²) in [6, 6.07) is 13.9. The second-order valence-corrected chi connectivity index (χ2v) is 8.38. The van der Waals surface area contributed by atoms with Gasteiger partial charge in [0.2, 0.25) is 0 Å². The minimum Gasteiger partial charge on any atom is -0.461 e.